The van der Waals surface area contributed by atoms with Crippen LogP contribution in [0.1, 0.15) is 29.2 Å². The zero-order valence-electron chi connectivity index (χ0n) is 21.8. The molecule has 4 heteroatoms. The first-order valence-corrected chi connectivity index (χ1v) is 6.97. The minimum Gasteiger partial charge on any atom is -0.348 e. The summed E-state index contributed by atoms with van der Waals surface area (Å²) in [5.41, 5.74) is 0.214. The van der Waals surface area contributed by atoms with Gasteiger partial charge in [-0.1, -0.05) is 35.9 Å². The molecule has 0 saturated heterocycles. The average Bonchev–Trinajstić information content (AvgIpc) is 3.04. The third-order valence-corrected chi connectivity index (χ3v) is 3.47. The van der Waals surface area contributed by atoms with Gasteiger partial charge in [0.05, 0.1) is 21.9 Å². The fraction of sp³-hybridized carbons (Fsp3) is 0.263. The molecule has 0 aliphatic rings. The van der Waals surface area contributed by atoms with Crippen molar-refractivity contribution in [3.63, 3.8) is 0 Å². The summed E-state index contributed by atoms with van der Waals surface area (Å²) in [6.45, 7) is -5.12. The predicted molar refractivity (Wildman–Crippen MR) is 92.5 cm³/mol. The highest BCUT2D eigenvalue weighted by Crippen LogP contribution is 2.26. The van der Waals surface area contributed by atoms with Crippen molar-refractivity contribution in [2.45, 2.75) is 20.1 Å². The Kier molecular flexibility index (Phi) is 1.99. The van der Waals surface area contributed by atoms with Crippen LogP contribution >= 0.6 is 0 Å². The Labute approximate surface area is 149 Å². The van der Waals surface area contributed by atoms with Crippen LogP contribution in [0.2, 0.25) is 0 Å². The topological polar surface area (TPSA) is 37.6 Å². The minimum atomic E-state index is -2.81. The number of amides is 1. The van der Waals surface area contributed by atoms with E-state index in [4.69, 9.17) is 12.3 Å². The molecule has 0 aliphatic carbocycles. The van der Waals surface area contributed by atoms with Gasteiger partial charge in [0.25, 0.3) is 0 Å². The van der Waals surface area contributed by atoms with E-state index in [-0.39, 0.29) is 34.9 Å². The van der Waals surface area contributed by atoms with Crippen LogP contribution < -0.4 is 0 Å². The second-order valence-corrected chi connectivity index (χ2v) is 5.35. The SMILES string of the molecule is [2H]c1c(C([2H])([2H])[2H])c([2H])n2c(CC(=O)N(C)C)c(-c3ccc(C([2H])([2H])[2H])cc3)nc2c1[2H]. The van der Waals surface area contributed by atoms with E-state index in [2.05, 4.69) is 4.98 Å². The smallest absolute Gasteiger partial charge is 0.228 e. The number of carbonyl (C=O) groups is 1. The summed E-state index contributed by atoms with van der Waals surface area (Å²) < 4.78 is 71.7. The summed E-state index contributed by atoms with van der Waals surface area (Å²) in [5.74, 6) is -0.344. The van der Waals surface area contributed by atoms with Crippen LogP contribution in [-0.4, -0.2) is 34.3 Å². The number of likely N-dealkylation sites (N-methyl/N-ethyl adjacent to an activating group) is 1. The van der Waals surface area contributed by atoms with Gasteiger partial charge in [-0.05, 0) is 25.3 Å². The maximum absolute atomic E-state index is 12.5. The Bertz CT molecular complexity index is 1190. The molecule has 0 bridgehead atoms. The third kappa shape index (κ3) is 2.97. The molecular weight excluding hydrogens is 286 g/mol. The van der Waals surface area contributed by atoms with Crippen LogP contribution in [0.25, 0.3) is 16.9 Å². The van der Waals surface area contributed by atoms with Crippen molar-refractivity contribution < 1.29 is 17.1 Å². The van der Waals surface area contributed by atoms with Crippen LogP contribution in [-0.2, 0) is 11.2 Å². The van der Waals surface area contributed by atoms with E-state index in [1.54, 1.807) is 14.1 Å². The molecule has 3 rings (SSSR count). The minimum absolute atomic E-state index is 0.108. The summed E-state index contributed by atoms with van der Waals surface area (Å²) in [6, 6.07) is 4.71. The summed E-state index contributed by atoms with van der Waals surface area (Å²) in [5, 5.41) is 0. The van der Waals surface area contributed by atoms with Crippen molar-refractivity contribution in [3.8, 4) is 11.3 Å². The number of aryl methyl sites for hydroxylation is 1. The Morgan fingerprint density at radius 1 is 1.22 bits per heavy atom. The molecule has 0 radical (unpaired) electrons. The molecule has 23 heavy (non-hydrogen) atoms. The van der Waals surface area contributed by atoms with Gasteiger partial charge in [-0.15, -0.1) is 0 Å². The number of nitrogens with zero attached hydrogens (tertiary/aromatic N) is 3. The summed E-state index contributed by atoms with van der Waals surface area (Å²) in [4.78, 5) is 18.2. The predicted octanol–water partition coefficient (Wildman–Crippen LogP) is 3.25. The van der Waals surface area contributed by atoms with Crippen LogP contribution in [0.5, 0.6) is 0 Å². The normalized spacial score (nSPS) is 17.7. The number of hydrogen-bond donors (Lipinski definition) is 0. The number of aromatic nitrogens is 2. The van der Waals surface area contributed by atoms with Crippen molar-refractivity contribution in [2.24, 2.45) is 0 Å². The Morgan fingerprint density at radius 3 is 2.61 bits per heavy atom. The van der Waals surface area contributed by atoms with Gasteiger partial charge in [-0.25, -0.2) is 4.98 Å². The van der Waals surface area contributed by atoms with E-state index >= 15 is 0 Å². The molecule has 2 aromatic heterocycles. The molecular formula is C19H21N3O. The summed E-state index contributed by atoms with van der Waals surface area (Å²) in [7, 11) is 3.09. The highest BCUT2D eigenvalue weighted by molar-refractivity contribution is 5.81. The van der Waals surface area contributed by atoms with Gasteiger partial charge in [0.15, 0.2) is 0 Å². The second kappa shape index (κ2) is 5.88. The molecule has 1 aromatic carbocycles. The van der Waals surface area contributed by atoms with Crippen LogP contribution in [0.3, 0.4) is 0 Å². The van der Waals surface area contributed by atoms with E-state index in [1.165, 1.54) is 29.2 Å². The number of carbonyl (C=O) groups excluding carboxylic acids is 1. The van der Waals surface area contributed by atoms with Gasteiger partial charge in [-0.3, -0.25) is 4.79 Å². The molecule has 3 aromatic rings. The molecule has 0 fully saturated rings. The second-order valence-electron chi connectivity index (χ2n) is 5.35. The van der Waals surface area contributed by atoms with Crippen molar-refractivity contribution in [1.29, 1.82) is 0 Å². The van der Waals surface area contributed by atoms with Crippen molar-refractivity contribution >= 4 is 11.6 Å². The molecule has 0 atom stereocenters. The third-order valence-electron chi connectivity index (χ3n) is 3.47. The van der Waals surface area contributed by atoms with Gasteiger partial charge < -0.3 is 9.30 Å². The average molecular weight is 316 g/mol. The fourth-order valence-corrected chi connectivity index (χ4v) is 2.24. The molecule has 0 N–H and O–H groups in total. The summed E-state index contributed by atoms with van der Waals surface area (Å²) in [6.07, 6.45) is -0.784. The number of rotatable bonds is 3. The lowest BCUT2D eigenvalue weighted by atomic mass is 10.1. The first kappa shape index (κ1) is 7.77. The highest BCUT2D eigenvalue weighted by Gasteiger charge is 2.18. The number of pyridine rings is 1. The Hall–Kier alpha value is -2.62. The number of fused-ring (bicyclic) bond motifs is 1. The number of hydrogen-bond acceptors (Lipinski definition) is 2. The number of imidazole rings is 1. The molecule has 0 unspecified atom stereocenters. The fourth-order valence-electron chi connectivity index (χ4n) is 2.24. The van der Waals surface area contributed by atoms with Gasteiger partial charge in [0.1, 0.15) is 5.65 Å². The quantitative estimate of drug-likeness (QED) is 0.744. The van der Waals surface area contributed by atoms with Crippen molar-refractivity contribution in [2.75, 3.05) is 14.1 Å². The van der Waals surface area contributed by atoms with Gasteiger partial charge in [0, 0.05) is 34.1 Å². The van der Waals surface area contributed by atoms with E-state index in [9.17, 15) is 4.79 Å². The van der Waals surface area contributed by atoms with Gasteiger partial charge in [0.2, 0.25) is 5.91 Å². The molecule has 2 heterocycles. The van der Waals surface area contributed by atoms with E-state index in [0.717, 1.165) is 4.40 Å². The Balaban J connectivity index is 2.37. The zero-order chi connectivity index (χ0) is 24.2. The molecule has 1 amide bonds. The van der Waals surface area contributed by atoms with E-state index in [0.29, 0.717) is 5.56 Å². The van der Waals surface area contributed by atoms with E-state index in [1.807, 2.05) is 0 Å². The monoisotopic (exact) mass is 316 g/mol. The van der Waals surface area contributed by atoms with Gasteiger partial charge in [-0.2, -0.15) is 0 Å². The van der Waals surface area contributed by atoms with Gasteiger partial charge >= 0.3 is 0 Å². The first-order valence-electron chi connectivity index (χ1n) is 11.5. The van der Waals surface area contributed by atoms with Crippen molar-refractivity contribution in [3.05, 3.63) is 59.3 Å². The van der Waals surface area contributed by atoms with E-state index < -0.39 is 37.5 Å². The highest BCUT2D eigenvalue weighted by atomic mass is 16.2. The lowest BCUT2D eigenvalue weighted by molar-refractivity contribution is -0.128. The zero-order valence-corrected chi connectivity index (χ0v) is 12.8. The molecule has 0 saturated carbocycles. The van der Waals surface area contributed by atoms with Crippen LogP contribution in [0.4, 0.5) is 0 Å². The lowest BCUT2D eigenvalue weighted by Crippen LogP contribution is -2.24. The first-order chi connectivity index (χ1) is 14.6. The number of benzene rings is 1. The van der Waals surface area contributed by atoms with Crippen LogP contribution in [0, 0.1) is 13.7 Å². The molecule has 4 nitrogen and oxygen atoms in total. The van der Waals surface area contributed by atoms with Crippen molar-refractivity contribution in [1.82, 2.24) is 14.3 Å². The maximum atomic E-state index is 12.5. The Morgan fingerprint density at radius 2 is 1.96 bits per heavy atom. The molecule has 118 valence electrons. The largest absolute Gasteiger partial charge is 0.348 e. The molecule has 0 spiro atoms. The summed E-state index contributed by atoms with van der Waals surface area (Å²) >= 11 is 0. The maximum Gasteiger partial charge on any atom is 0.228 e. The molecule has 0 aliphatic heterocycles. The lowest BCUT2D eigenvalue weighted by Gasteiger charge is -2.11. The van der Waals surface area contributed by atoms with Crippen LogP contribution in [0.15, 0.2) is 42.5 Å². The standard InChI is InChI=1S/C19H21N3O/c1-13-5-8-15(9-6-13)19-16(11-18(23)21(3)4)22-12-14(2)7-10-17(22)20-19/h5-10,12H,11H2,1-4H3/i1D3,2D3,7D,10D,12D.